The Morgan fingerprint density at radius 3 is 2.58 bits per heavy atom. The lowest BCUT2D eigenvalue weighted by Gasteiger charge is -1.99. The number of rotatable bonds is 2. The van der Waals surface area contributed by atoms with Crippen molar-refractivity contribution in [2.45, 2.75) is 9.79 Å². The van der Waals surface area contributed by atoms with Crippen LogP contribution in [-0.2, 0) is 10.7 Å². The Hall–Kier alpha value is -0.000000000000000111. The third-order valence-electron chi connectivity index (χ3n) is 1.35. The van der Waals surface area contributed by atoms with Crippen LogP contribution in [0.1, 0.15) is 0 Å². The number of hydrogen-bond donors (Lipinski definition) is 1. The van der Waals surface area contributed by atoms with E-state index in [4.69, 9.17) is 0 Å². The molecule has 0 radical (unpaired) electrons. The van der Waals surface area contributed by atoms with Gasteiger partial charge in [-0.15, -0.1) is 11.8 Å². The van der Waals surface area contributed by atoms with Crippen LogP contribution in [-0.4, -0.2) is 14.7 Å². The third kappa shape index (κ3) is 2.24. The maximum absolute atomic E-state index is 10.6. The predicted octanol–water partition coefficient (Wildman–Crippen LogP) is 2.14. The monoisotopic (exact) mass is 266 g/mol. The van der Waals surface area contributed by atoms with Gasteiger partial charge in [0.2, 0.25) is 0 Å². The fourth-order valence-corrected chi connectivity index (χ4v) is 2.52. The van der Waals surface area contributed by atoms with E-state index in [9.17, 15) is 8.42 Å². The number of thiol groups is 1. The molecule has 1 aromatic carbocycles. The minimum absolute atomic E-state index is 0.359. The highest BCUT2D eigenvalue weighted by molar-refractivity contribution is 9.10. The van der Waals surface area contributed by atoms with Gasteiger partial charge in [-0.25, -0.2) is 8.42 Å². The molecule has 1 rings (SSSR count). The Kier molecular flexibility index (Phi) is 3.61. The summed E-state index contributed by atoms with van der Waals surface area (Å²) in [4.78, 5) is 1.30. The average molecular weight is 267 g/mol. The summed E-state index contributed by atoms with van der Waals surface area (Å²) in [7, 11) is -2.46. The Bertz CT molecular complexity index is 352. The van der Waals surface area contributed by atoms with Crippen molar-refractivity contribution in [3.8, 4) is 0 Å². The number of halogens is 1. The van der Waals surface area contributed by atoms with Crippen LogP contribution in [0.5, 0.6) is 0 Å². The van der Waals surface area contributed by atoms with E-state index < -0.39 is 10.7 Å². The van der Waals surface area contributed by atoms with Crippen molar-refractivity contribution in [1.29, 1.82) is 0 Å². The first kappa shape index (κ1) is 10.1. The zero-order valence-electron chi connectivity index (χ0n) is 6.28. The van der Waals surface area contributed by atoms with E-state index in [-0.39, 0.29) is 0 Å². The summed E-state index contributed by atoms with van der Waals surface area (Å²) in [6, 6.07) is 4.97. The van der Waals surface area contributed by atoms with E-state index in [1.54, 1.807) is 18.2 Å². The standard InChI is InChI=1S/C7H7BrO2S2/c1-11-7-4-5(12(9)10)2-3-6(7)8/h2-4,12H,1H3. The summed E-state index contributed by atoms with van der Waals surface area (Å²) in [6.45, 7) is 0. The molecule has 0 aliphatic heterocycles. The molecule has 5 heteroatoms. The minimum atomic E-state index is -2.46. The van der Waals surface area contributed by atoms with Crippen LogP contribution < -0.4 is 0 Å². The Balaban J connectivity index is 3.22. The highest BCUT2D eigenvalue weighted by Gasteiger charge is 2.01. The quantitative estimate of drug-likeness (QED) is 0.658. The topological polar surface area (TPSA) is 34.1 Å². The van der Waals surface area contributed by atoms with Crippen molar-refractivity contribution in [3.05, 3.63) is 22.7 Å². The van der Waals surface area contributed by atoms with Gasteiger partial charge in [-0.2, -0.15) is 0 Å². The van der Waals surface area contributed by atoms with Gasteiger partial charge in [-0.1, -0.05) is 0 Å². The minimum Gasteiger partial charge on any atom is -0.227 e. The lowest BCUT2D eigenvalue weighted by atomic mass is 10.4. The summed E-state index contributed by atoms with van der Waals surface area (Å²) >= 11 is 4.83. The molecular formula is C7H7BrO2S2. The smallest absolute Gasteiger partial charge is 0.168 e. The second-order valence-electron chi connectivity index (χ2n) is 2.08. The molecule has 0 amide bonds. The Labute approximate surface area is 85.4 Å². The molecule has 0 aliphatic carbocycles. The largest absolute Gasteiger partial charge is 0.227 e. The first-order valence-corrected chi connectivity index (χ1v) is 6.32. The van der Waals surface area contributed by atoms with Crippen LogP contribution in [0.4, 0.5) is 0 Å². The molecule has 1 aromatic rings. The fraction of sp³-hybridized carbons (Fsp3) is 0.143. The molecule has 0 atom stereocenters. The molecule has 66 valence electrons. The summed E-state index contributed by atoms with van der Waals surface area (Å²) in [5.74, 6) is 0. The van der Waals surface area contributed by atoms with Gasteiger partial charge in [0.15, 0.2) is 10.7 Å². The van der Waals surface area contributed by atoms with Crippen molar-refractivity contribution in [3.63, 3.8) is 0 Å². The number of thioether (sulfide) groups is 1. The van der Waals surface area contributed by atoms with Gasteiger partial charge in [0.1, 0.15) is 0 Å². The molecular weight excluding hydrogens is 260 g/mol. The van der Waals surface area contributed by atoms with Crippen LogP contribution in [0.15, 0.2) is 32.5 Å². The van der Waals surface area contributed by atoms with E-state index in [2.05, 4.69) is 15.9 Å². The molecule has 0 heterocycles. The third-order valence-corrected chi connectivity index (χ3v) is 3.78. The molecule has 2 nitrogen and oxygen atoms in total. The van der Waals surface area contributed by atoms with Crippen molar-refractivity contribution < 1.29 is 8.42 Å². The summed E-state index contributed by atoms with van der Waals surface area (Å²) in [5, 5.41) is 0. The number of hydrogen-bond acceptors (Lipinski definition) is 3. The molecule has 0 saturated heterocycles. The van der Waals surface area contributed by atoms with Crippen molar-refractivity contribution in [2.24, 2.45) is 0 Å². The first-order valence-electron chi connectivity index (χ1n) is 3.13. The highest BCUT2D eigenvalue weighted by atomic mass is 79.9. The van der Waals surface area contributed by atoms with Gasteiger partial charge >= 0.3 is 0 Å². The molecule has 0 unspecified atom stereocenters. The second kappa shape index (κ2) is 4.30. The first-order chi connectivity index (χ1) is 5.65. The molecule has 0 aliphatic rings. The molecule has 0 aromatic heterocycles. The Morgan fingerprint density at radius 1 is 1.42 bits per heavy atom. The van der Waals surface area contributed by atoms with Gasteiger partial charge in [-0.3, -0.25) is 0 Å². The average Bonchev–Trinajstić information content (AvgIpc) is 2.05. The van der Waals surface area contributed by atoms with Gasteiger partial charge in [0.25, 0.3) is 0 Å². The SMILES string of the molecule is CSc1cc([SH](=O)=O)ccc1Br. The van der Waals surface area contributed by atoms with E-state index in [1.165, 1.54) is 11.8 Å². The van der Waals surface area contributed by atoms with Crippen LogP contribution in [0, 0.1) is 0 Å². The molecule has 0 saturated carbocycles. The van der Waals surface area contributed by atoms with E-state index in [1.807, 2.05) is 6.26 Å². The molecule has 12 heavy (non-hydrogen) atoms. The molecule has 0 N–H and O–H groups in total. The fourth-order valence-electron chi connectivity index (χ4n) is 0.762. The molecule has 0 spiro atoms. The van der Waals surface area contributed by atoms with E-state index in [0.717, 1.165) is 9.37 Å². The van der Waals surface area contributed by atoms with Gasteiger partial charge in [0, 0.05) is 9.37 Å². The molecule has 0 bridgehead atoms. The summed E-state index contributed by atoms with van der Waals surface area (Å²) < 4.78 is 22.1. The normalized spacial score (nSPS) is 10.6. The summed E-state index contributed by atoms with van der Waals surface area (Å²) in [6.07, 6.45) is 1.90. The van der Waals surface area contributed by atoms with Crippen molar-refractivity contribution in [2.75, 3.05) is 6.26 Å². The lowest BCUT2D eigenvalue weighted by Crippen LogP contribution is -1.81. The molecule has 0 fully saturated rings. The lowest BCUT2D eigenvalue weighted by molar-refractivity contribution is 0.614. The second-order valence-corrected chi connectivity index (χ2v) is 4.81. The van der Waals surface area contributed by atoms with Gasteiger partial charge in [-0.05, 0) is 40.4 Å². The zero-order valence-corrected chi connectivity index (χ0v) is 9.58. The van der Waals surface area contributed by atoms with Crippen LogP contribution in [0.3, 0.4) is 0 Å². The maximum atomic E-state index is 10.6. The van der Waals surface area contributed by atoms with Crippen LogP contribution >= 0.6 is 27.7 Å². The van der Waals surface area contributed by atoms with E-state index >= 15 is 0 Å². The van der Waals surface area contributed by atoms with Crippen LogP contribution in [0.25, 0.3) is 0 Å². The van der Waals surface area contributed by atoms with Gasteiger partial charge in [0.05, 0.1) is 4.90 Å². The number of benzene rings is 1. The van der Waals surface area contributed by atoms with Crippen molar-refractivity contribution >= 4 is 38.4 Å². The summed E-state index contributed by atoms with van der Waals surface area (Å²) in [5.41, 5.74) is 0. The Morgan fingerprint density at radius 2 is 2.08 bits per heavy atom. The van der Waals surface area contributed by atoms with E-state index in [0.29, 0.717) is 4.90 Å². The zero-order chi connectivity index (χ0) is 9.14. The maximum Gasteiger partial charge on any atom is 0.168 e. The predicted molar refractivity (Wildman–Crippen MR) is 54.5 cm³/mol. The van der Waals surface area contributed by atoms with Gasteiger partial charge < -0.3 is 0 Å². The van der Waals surface area contributed by atoms with Crippen molar-refractivity contribution in [1.82, 2.24) is 0 Å². The highest BCUT2D eigenvalue weighted by Crippen LogP contribution is 2.26. The van der Waals surface area contributed by atoms with Crippen LogP contribution in [0.2, 0.25) is 0 Å².